The van der Waals surface area contributed by atoms with Gasteiger partial charge in [0, 0.05) is 16.6 Å². The summed E-state index contributed by atoms with van der Waals surface area (Å²) in [5, 5.41) is 14.7. The summed E-state index contributed by atoms with van der Waals surface area (Å²) in [4.78, 5) is 15.6. The molecule has 0 fully saturated rings. The highest BCUT2D eigenvalue weighted by Crippen LogP contribution is 2.27. The Kier molecular flexibility index (Phi) is 3.99. The van der Waals surface area contributed by atoms with Crippen LogP contribution in [0, 0.1) is 29.8 Å². The van der Waals surface area contributed by atoms with Crippen molar-refractivity contribution >= 4 is 22.7 Å². The molecule has 106 valence electrons. The number of thiazole rings is 1. The SMILES string of the molecule is Cc1nc(C(C)Nc2cc(F)cc([N+](=O)[O-])c2)c(C)s1. The number of nitro groups is 1. The summed E-state index contributed by atoms with van der Waals surface area (Å²) in [6.45, 7) is 5.77. The lowest BCUT2D eigenvalue weighted by atomic mass is 10.2. The van der Waals surface area contributed by atoms with E-state index in [4.69, 9.17) is 0 Å². The summed E-state index contributed by atoms with van der Waals surface area (Å²) in [6.07, 6.45) is 0. The van der Waals surface area contributed by atoms with Crippen molar-refractivity contribution in [2.75, 3.05) is 5.32 Å². The topological polar surface area (TPSA) is 68.1 Å². The van der Waals surface area contributed by atoms with E-state index in [0.29, 0.717) is 5.69 Å². The van der Waals surface area contributed by atoms with E-state index in [1.54, 1.807) is 11.3 Å². The monoisotopic (exact) mass is 295 g/mol. The number of nitro benzene ring substituents is 1. The van der Waals surface area contributed by atoms with Crippen LogP contribution < -0.4 is 5.32 Å². The second-order valence-electron chi connectivity index (χ2n) is 4.50. The fraction of sp³-hybridized carbons (Fsp3) is 0.308. The van der Waals surface area contributed by atoms with Crippen molar-refractivity contribution in [1.82, 2.24) is 4.98 Å². The van der Waals surface area contributed by atoms with Crippen molar-refractivity contribution in [3.8, 4) is 0 Å². The summed E-state index contributed by atoms with van der Waals surface area (Å²) in [7, 11) is 0. The number of aryl methyl sites for hydroxylation is 2. The molecule has 0 spiro atoms. The van der Waals surface area contributed by atoms with Crippen molar-refractivity contribution in [1.29, 1.82) is 0 Å². The van der Waals surface area contributed by atoms with E-state index >= 15 is 0 Å². The van der Waals surface area contributed by atoms with Gasteiger partial charge in [0.05, 0.1) is 27.7 Å². The van der Waals surface area contributed by atoms with Crippen molar-refractivity contribution < 1.29 is 9.31 Å². The number of aromatic nitrogens is 1. The molecule has 0 amide bonds. The molecule has 1 atom stereocenters. The molecule has 1 aromatic heterocycles. The third kappa shape index (κ3) is 3.11. The van der Waals surface area contributed by atoms with E-state index in [1.165, 1.54) is 12.1 Å². The Morgan fingerprint density at radius 3 is 2.65 bits per heavy atom. The van der Waals surface area contributed by atoms with E-state index in [0.717, 1.165) is 21.6 Å². The third-order valence-corrected chi connectivity index (χ3v) is 3.73. The maximum absolute atomic E-state index is 13.4. The lowest BCUT2D eigenvalue weighted by Gasteiger charge is -2.14. The summed E-state index contributed by atoms with van der Waals surface area (Å²) in [5.41, 5.74) is 0.972. The highest BCUT2D eigenvalue weighted by Gasteiger charge is 2.15. The fourth-order valence-corrected chi connectivity index (χ4v) is 2.94. The van der Waals surface area contributed by atoms with Gasteiger partial charge in [0.15, 0.2) is 0 Å². The Morgan fingerprint density at radius 2 is 2.10 bits per heavy atom. The normalized spacial score (nSPS) is 12.2. The molecule has 0 aliphatic rings. The first kappa shape index (κ1) is 14.4. The van der Waals surface area contributed by atoms with Gasteiger partial charge in [0.25, 0.3) is 5.69 Å². The molecular weight excluding hydrogens is 281 g/mol. The van der Waals surface area contributed by atoms with Crippen LogP contribution in [0.25, 0.3) is 0 Å². The lowest BCUT2D eigenvalue weighted by Crippen LogP contribution is -2.08. The van der Waals surface area contributed by atoms with Gasteiger partial charge in [0.2, 0.25) is 0 Å². The van der Waals surface area contributed by atoms with E-state index in [-0.39, 0.29) is 11.7 Å². The fourth-order valence-electron chi connectivity index (χ4n) is 2.03. The van der Waals surface area contributed by atoms with Crippen LogP contribution in [0.5, 0.6) is 0 Å². The van der Waals surface area contributed by atoms with Crippen molar-refractivity contribution in [3.05, 3.63) is 49.7 Å². The van der Waals surface area contributed by atoms with Gasteiger partial charge in [-0.05, 0) is 26.8 Å². The zero-order chi connectivity index (χ0) is 14.9. The van der Waals surface area contributed by atoms with Crippen LogP contribution in [0.3, 0.4) is 0 Å². The summed E-state index contributed by atoms with van der Waals surface area (Å²) >= 11 is 1.59. The van der Waals surface area contributed by atoms with E-state index in [9.17, 15) is 14.5 Å². The second kappa shape index (κ2) is 5.54. The van der Waals surface area contributed by atoms with Crippen molar-refractivity contribution in [3.63, 3.8) is 0 Å². The Morgan fingerprint density at radius 1 is 1.40 bits per heavy atom. The van der Waals surface area contributed by atoms with Gasteiger partial charge in [-0.25, -0.2) is 9.37 Å². The predicted octanol–water partition coefficient (Wildman–Crippen LogP) is 3.98. The summed E-state index contributed by atoms with van der Waals surface area (Å²) < 4.78 is 13.4. The molecule has 0 saturated heterocycles. The van der Waals surface area contributed by atoms with Crippen molar-refractivity contribution in [2.45, 2.75) is 26.8 Å². The standard InChI is InChI=1S/C13H14FN3O2S/c1-7(13-8(2)20-9(3)16-13)15-11-4-10(14)5-12(6-11)17(18)19/h4-7,15H,1-3H3. The number of hydrogen-bond acceptors (Lipinski definition) is 5. The number of non-ortho nitro benzene ring substituents is 1. The molecule has 0 saturated carbocycles. The molecule has 0 bridgehead atoms. The molecule has 0 radical (unpaired) electrons. The first-order valence-corrected chi connectivity index (χ1v) is 6.84. The predicted molar refractivity (Wildman–Crippen MR) is 76.7 cm³/mol. The molecule has 1 aromatic carbocycles. The van der Waals surface area contributed by atoms with Gasteiger partial charge >= 0.3 is 0 Å². The van der Waals surface area contributed by atoms with Crippen LogP contribution in [0.4, 0.5) is 15.8 Å². The highest BCUT2D eigenvalue weighted by molar-refractivity contribution is 7.11. The first-order valence-electron chi connectivity index (χ1n) is 6.02. The number of hydrogen-bond donors (Lipinski definition) is 1. The molecule has 1 N–H and O–H groups in total. The molecule has 5 nitrogen and oxygen atoms in total. The minimum Gasteiger partial charge on any atom is -0.377 e. The van der Waals surface area contributed by atoms with Gasteiger partial charge in [-0.15, -0.1) is 11.3 Å². The lowest BCUT2D eigenvalue weighted by molar-refractivity contribution is -0.385. The zero-order valence-corrected chi connectivity index (χ0v) is 12.1. The highest BCUT2D eigenvalue weighted by atomic mass is 32.1. The second-order valence-corrected chi connectivity index (χ2v) is 5.90. The summed E-state index contributed by atoms with van der Waals surface area (Å²) in [6, 6.07) is 3.29. The van der Waals surface area contributed by atoms with E-state index in [2.05, 4.69) is 10.3 Å². The van der Waals surface area contributed by atoms with Gasteiger partial charge in [0.1, 0.15) is 5.82 Å². The van der Waals surface area contributed by atoms with E-state index in [1.807, 2.05) is 20.8 Å². The van der Waals surface area contributed by atoms with Gasteiger partial charge in [-0.1, -0.05) is 0 Å². The molecule has 1 heterocycles. The average molecular weight is 295 g/mol. The minimum absolute atomic E-state index is 0.152. The number of nitrogens with zero attached hydrogens (tertiary/aromatic N) is 2. The Balaban J connectivity index is 2.25. The number of nitrogens with one attached hydrogen (secondary N) is 1. The van der Waals surface area contributed by atoms with Gasteiger partial charge < -0.3 is 5.32 Å². The Hall–Kier alpha value is -2.02. The minimum atomic E-state index is -0.639. The van der Waals surface area contributed by atoms with Crippen molar-refractivity contribution in [2.24, 2.45) is 0 Å². The maximum Gasteiger partial charge on any atom is 0.274 e. The third-order valence-electron chi connectivity index (χ3n) is 2.83. The summed E-state index contributed by atoms with van der Waals surface area (Å²) in [5.74, 6) is -0.639. The molecule has 0 aliphatic heterocycles. The maximum atomic E-state index is 13.4. The quantitative estimate of drug-likeness (QED) is 0.684. The van der Waals surface area contributed by atoms with Gasteiger partial charge in [-0.2, -0.15) is 0 Å². The number of anilines is 1. The first-order chi connectivity index (χ1) is 9.36. The largest absolute Gasteiger partial charge is 0.377 e. The van der Waals surface area contributed by atoms with Crippen LogP contribution in [-0.2, 0) is 0 Å². The Labute approximate surface area is 119 Å². The smallest absolute Gasteiger partial charge is 0.274 e. The van der Waals surface area contributed by atoms with Crippen LogP contribution in [0.1, 0.15) is 28.5 Å². The number of benzene rings is 1. The van der Waals surface area contributed by atoms with Crippen LogP contribution in [-0.4, -0.2) is 9.91 Å². The number of halogens is 1. The molecule has 0 aliphatic carbocycles. The number of rotatable bonds is 4. The average Bonchev–Trinajstić information content (AvgIpc) is 2.67. The molecular formula is C13H14FN3O2S. The molecule has 2 aromatic rings. The molecule has 1 unspecified atom stereocenters. The Bertz CT molecular complexity index is 657. The molecule has 20 heavy (non-hydrogen) atoms. The van der Waals surface area contributed by atoms with E-state index < -0.39 is 10.7 Å². The molecule has 2 rings (SSSR count). The van der Waals surface area contributed by atoms with Gasteiger partial charge in [-0.3, -0.25) is 10.1 Å². The molecule has 7 heteroatoms. The van der Waals surface area contributed by atoms with Crippen LogP contribution in [0.15, 0.2) is 18.2 Å². The van der Waals surface area contributed by atoms with Crippen LogP contribution >= 0.6 is 11.3 Å². The van der Waals surface area contributed by atoms with Crippen LogP contribution in [0.2, 0.25) is 0 Å². The zero-order valence-electron chi connectivity index (χ0n) is 11.3.